The summed E-state index contributed by atoms with van der Waals surface area (Å²) in [5.41, 5.74) is 1.31. The quantitative estimate of drug-likeness (QED) is 0.0207. The molecule has 0 saturated carbocycles. The third-order valence-corrected chi connectivity index (χ3v) is 7.84. The van der Waals surface area contributed by atoms with Crippen molar-refractivity contribution in [2.75, 3.05) is 41.9 Å². The summed E-state index contributed by atoms with van der Waals surface area (Å²) in [7, 11) is -8.89. The van der Waals surface area contributed by atoms with Crippen LogP contribution in [0.15, 0.2) is 57.6 Å². The molecule has 0 aromatic heterocycles. The van der Waals surface area contributed by atoms with Gasteiger partial charge in [0.2, 0.25) is 10.4 Å². The minimum atomic E-state index is -4.99. The van der Waals surface area contributed by atoms with Gasteiger partial charge in [0.25, 0.3) is 0 Å². The predicted molar refractivity (Wildman–Crippen MR) is 131 cm³/mol. The van der Waals surface area contributed by atoms with Crippen LogP contribution in [-0.2, 0) is 43.2 Å². The zero-order chi connectivity index (χ0) is 28.0. The first-order valence-corrected chi connectivity index (χ1v) is 15.3. The molecule has 0 spiro atoms. The molecule has 2 aromatic carbocycles. The van der Waals surface area contributed by atoms with Gasteiger partial charge in [-0.25, -0.2) is 16.8 Å². The summed E-state index contributed by atoms with van der Waals surface area (Å²) in [4.78, 5) is 1.74. The van der Waals surface area contributed by atoms with Crippen LogP contribution in [0.25, 0.3) is 0 Å². The molecular weight excluding hydrogens is 683 g/mol. The van der Waals surface area contributed by atoms with Crippen LogP contribution in [0.1, 0.15) is 0 Å². The van der Waals surface area contributed by atoms with E-state index in [1.54, 1.807) is 18.2 Å². The number of benzene rings is 2. The van der Waals surface area contributed by atoms with E-state index in [0.29, 0.717) is 41.7 Å². The van der Waals surface area contributed by atoms with E-state index in [-0.39, 0.29) is 98.6 Å². The Kier molecular flexibility index (Phi) is 25.7. The number of anilines is 1. The van der Waals surface area contributed by atoms with E-state index >= 15 is 0 Å². The summed E-state index contributed by atoms with van der Waals surface area (Å²) >= 11 is 7.96. The molecule has 0 aliphatic carbocycles. The number of rotatable bonds is 18. The van der Waals surface area contributed by atoms with Gasteiger partial charge in [0.1, 0.15) is 5.69 Å². The molecule has 0 bridgehead atoms. The molecule has 0 saturated heterocycles. The summed E-state index contributed by atoms with van der Waals surface area (Å²) in [6.45, 7) is 0.0279. The van der Waals surface area contributed by atoms with Gasteiger partial charge in [-0.3, -0.25) is 14.3 Å². The molecule has 0 N–H and O–H groups in total. The molecule has 0 unspecified atom stereocenters. The van der Waals surface area contributed by atoms with Crippen LogP contribution < -0.4 is 104 Å². The van der Waals surface area contributed by atoms with E-state index in [0.717, 1.165) is 24.1 Å². The third-order valence-electron chi connectivity index (χ3n) is 4.39. The zero-order valence-electron chi connectivity index (χ0n) is 22.0. The molecule has 15 nitrogen and oxygen atoms in total. The van der Waals surface area contributed by atoms with E-state index in [2.05, 4.69) is 33.2 Å². The fourth-order valence-electron chi connectivity index (χ4n) is 2.74. The second kappa shape index (κ2) is 23.7. The van der Waals surface area contributed by atoms with Crippen LogP contribution >= 0.6 is 35.7 Å². The molecule has 41 heavy (non-hydrogen) atoms. The van der Waals surface area contributed by atoms with E-state index < -0.39 is 32.6 Å². The molecule has 2 rings (SSSR count). The van der Waals surface area contributed by atoms with Gasteiger partial charge in [0, 0.05) is 54.4 Å². The van der Waals surface area contributed by atoms with E-state index in [1.807, 2.05) is 4.90 Å². The Hall–Kier alpha value is 1.41. The molecule has 0 aliphatic heterocycles. The topological polar surface area (TPSA) is 212 Å². The van der Waals surface area contributed by atoms with Gasteiger partial charge in [-0.2, -0.15) is 13.8 Å². The van der Waals surface area contributed by atoms with Crippen molar-refractivity contribution in [3.8, 4) is 0 Å². The molecule has 0 aliphatic rings. The van der Waals surface area contributed by atoms with Crippen molar-refractivity contribution in [3.63, 3.8) is 0 Å². The number of sulfone groups is 1. The average molecular weight is 702 g/mol. The predicted octanol–water partition coefficient (Wildman–Crippen LogP) is -7.43. The molecule has 0 fully saturated rings. The molecule has 0 atom stereocenters. The summed E-state index contributed by atoms with van der Waals surface area (Å²) < 4.78 is 68.2. The van der Waals surface area contributed by atoms with Gasteiger partial charge >= 0.3 is 88.7 Å². The Labute approximate surface area is 316 Å². The molecule has 0 amide bonds. The van der Waals surface area contributed by atoms with Crippen LogP contribution in [0.2, 0.25) is 5.02 Å². The van der Waals surface area contributed by atoms with Crippen LogP contribution in [0.4, 0.5) is 17.1 Å². The van der Waals surface area contributed by atoms with Crippen molar-refractivity contribution in [2.24, 2.45) is 10.2 Å². The van der Waals surface area contributed by atoms with Crippen LogP contribution in [0, 0.1) is 0 Å². The summed E-state index contributed by atoms with van der Waals surface area (Å²) in [6.07, 6.45) is 0. The van der Waals surface area contributed by atoms with Crippen molar-refractivity contribution < 1.29 is 144 Å². The van der Waals surface area contributed by atoms with Gasteiger partial charge in [0.15, 0.2) is 9.84 Å². The van der Waals surface area contributed by atoms with E-state index in [4.69, 9.17) is 11.6 Å². The second-order valence-electron chi connectivity index (χ2n) is 6.78. The summed E-state index contributed by atoms with van der Waals surface area (Å²) in [5.74, 6) is 0.0212. The minimum absolute atomic E-state index is 0. The molecule has 212 valence electrons. The Balaban J connectivity index is 0. The molecular formula is C18H19ClN3Na3O12S4. The minimum Gasteiger partial charge on any atom is -0.726 e. The normalized spacial score (nSPS) is 11.4. The Bertz CT molecular complexity index is 1250. The van der Waals surface area contributed by atoms with Crippen LogP contribution in [0.5, 0.6) is 0 Å². The number of nitrogens with zero attached hydrogens (tertiary/aromatic N) is 3. The summed E-state index contributed by atoms with van der Waals surface area (Å²) in [6, 6.07) is 10.2. The van der Waals surface area contributed by atoms with Crippen molar-refractivity contribution in [1.82, 2.24) is 0 Å². The van der Waals surface area contributed by atoms with Crippen molar-refractivity contribution >= 4 is 73.0 Å². The Morgan fingerprint density at radius 3 is 1.90 bits per heavy atom. The van der Waals surface area contributed by atoms with Crippen LogP contribution in [0.3, 0.4) is 0 Å². The fraction of sp³-hybridized carbons (Fsp3) is 0.333. The third kappa shape index (κ3) is 18.2. The Morgan fingerprint density at radius 2 is 1.41 bits per heavy atom. The average Bonchev–Trinajstić information content (AvgIpc) is 2.86. The van der Waals surface area contributed by atoms with Crippen LogP contribution in [-0.4, -0.2) is 58.3 Å². The smallest absolute Gasteiger partial charge is 0.726 e. The second-order valence-corrected chi connectivity index (χ2v) is 11.9. The van der Waals surface area contributed by atoms with Gasteiger partial charge in [0.05, 0.1) is 28.0 Å². The monoisotopic (exact) mass is 701 g/mol. The van der Waals surface area contributed by atoms with Gasteiger partial charge in [-0.1, -0.05) is 11.6 Å². The maximum Gasteiger partial charge on any atom is 1.00 e. The summed E-state index contributed by atoms with van der Waals surface area (Å²) in [5, 5.41) is 34.8. The number of halogens is 1. The first-order valence-electron chi connectivity index (χ1n) is 10.1. The molecule has 23 heteroatoms. The van der Waals surface area contributed by atoms with Gasteiger partial charge < -0.3 is 20.0 Å². The number of hydrogen-bond acceptors (Lipinski definition) is 17. The number of hydrogen-bond donors (Lipinski definition) is 0. The van der Waals surface area contributed by atoms with Gasteiger partial charge in [-0.15, -0.1) is 5.11 Å². The maximum absolute atomic E-state index is 12.2. The standard InChI is InChI=1S/C18H22ClN3O12S4.3Na/c19-17-13-15(22(7-10-35-33-31-23)8-11-36-34-32-24)3-6-18(17)21-20-14-1-4-16(5-2-14)37(25,26)12-9-30-38(27,28)29;;;/h1-6,13,23-24H,7-12H2,(H,27,28,29);;;/q;3*+1/p-3. The molecule has 2 aromatic rings. The van der Waals surface area contributed by atoms with Gasteiger partial charge in [-0.05, 0) is 42.5 Å². The zero-order valence-corrected chi connectivity index (χ0v) is 32.1. The maximum atomic E-state index is 12.2. The van der Waals surface area contributed by atoms with Crippen molar-refractivity contribution in [2.45, 2.75) is 4.90 Å². The fourth-order valence-corrected chi connectivity index (χ4v) is 5.24. The van der Waals surface area contributed by atoms with E-state index in [9.17, 15) is 31.9 Å². The first-order chi connectivity index (χ1) is 18.1. The van der Waals surface area contributed by atoms with Crippen molar-refractivity contribution in [1.29, 1.82) is 0 Å². The number of azo groups is 1. The Morgan fingerprint density at radius 1 is 0.854 bits per heavy atom. The van der Waals surface area contributed by atoms with Crippen molar-refractivity contribution in [3.05, 3.63) is 47.5 Å². The molecule has 0 radical (unpaired) electrons. The van der Waals surface area contributed by atoms with E-state index in [1.165, 1.54) is 24.3 Å². The largest absolute Gasteiger partial charge is 1.00 e. The molecule has 0 heterocycles. The first kappa shape index (κ1) is 44.5. The SMILES string of the molecule is O=S(=O)([O-])OCCS(=O)(=O)c1ccc(N=Nc2ccc(N(CCSOO[O-])CCSOO[O-])cc2Cl)cc1.[Na+].[Na+].[Na+].